The van der Waals surface area contributed by atoms with Crippen molar-refractivity contribution in [2.75, 3.05) is 11.9 Å². The Labute approximate surface area is 102 Å². The van der Waals surface area contributed by atoms with Gasteiger partial charge in [-0.15, -0.1) is 0 Å². The Bertz CT molecular complexity index is 436. The third kappa shape index (κ3) is 2.78. The van der Waals surface area contributed by atoms with Gasteiger partial charge >= 0.3 is 0 Å². The monoisotopic (exact) mass is 230 g/mol. The molecule has 1 aromatic rings. The lowest BCUT2D eigenvalue weighted by molar-refractivity contribution is 0.138. The molecule has 1 saturated carbocycles. The second kappa shape index (κ2) is 5.20. The van der Waals surface area contributed by atoms with E-state index in [4.69, 9.17) is 5.26 Å². The minimum atomic E-state index is -0.183. The molecule has 1 aromatic carbocycles. The highest BCUT2D eigenvalue weighted by Gasteiger charge is 2.24. The van der Waals surface area contributed by atoms with Crippen LogP contribution in [-0.2, 0) is 0 Å². The van der Waals surface area contributed by atoms with Crippen LogP contribution >= 0.6 is 0 Å². The number of aliphatic hydroxyl groups is 1. The van der Waals surface area contributed by atoms with Gasteiger partial charge < -0.3 is 10.4 Å². The van der Waals surface area contributed by atoms with Crippen molar-refractivity contribution >= 4 is 5.69 Å². The summed E-state index contributed by atoms with van der Waals surface area (Å²) >= 11 is 0. The zero-order valence-electron chi connectivity index (χ0n) is 10.1. The van der Waals surface area contributed by atoms with Crippen LogP contribution in [0, 0.1) is 24.2 Å². The maximum Gasteiger partial charge on any atom is 0.101 e. The number of hydrogen-bond donors (Lipinski definition) is 2. The molecular formula is C14H18N2O. The van der Waals surface area contributed by atoms with E-state index >= 15 is 0 Å². The first kappa shape index (κ1) is 11.9. The fraction of sp³-hybridized carbons (Fsp3) is 0.500. The van der Waals surface area contributed by atoms with Gasteiger partial charge in [-0.05, 0) is 37.5 Å². The van der Waals surface area contributed by atoms with Crippen LogP contribution in [0.1, 0.15) is 30.4 Å². The zero-order chi connectivity index (χ0) is 12.3. The van der Waals surface area contributed by atoms with Crippen molar-refractivity contribution < 1.29 is 5.11 Å². The van der Waals surface area contributed by atoms with Crippen molar-refractivity contribution in [1.82, 2.24) is 0 Å². The van der Waals surface area contributed by atoms with E-state index in [0.29, 0.717) is 11.5 Å². The van der Waals surface area contributed by atoms with Crippen LogP contribution in [0.15, 0.2) is 18.2 Å². The molecular weight excluding hydrogens is 212 g/mol. The molecule has 0 amide bonds. The van der Waals surface area contributed by atoms with Gasteiger partial charge in [0.1, 0.15) is 6.07 Å². The standard InChI is InChI=1S/C14H18N2O/c1-10-5-6-11(8-15)13(7-10)16-9-12-3-2-4-14(12)17/h5-7,12,14,16-17H,2-4,9H2,1H3. The summed E-state index contributed by atoms with van der Waals surface area (Å²) in [6.45, 7) is 2.76. The molecule has 0 saturated heterocycles. The van der Waals surface area contributed by atoms with Gasteiger partial charge in [0.05, 0.1) is 17.4 Å². The second-order valence-corrected chi connectivity index (χ2v) is 4.80. The summed E-state index contributed by atoms with van der Waals surface area (Å²) in [5, 5.41) is 22.1. The summed E-state index contributed by atoms with van der Waals surface area (Å²) in [4.78, 5) is 0. The molecule has 0 bridgehead atoms. The van der Waals surface area contributed by atoms with E-state index in [1.54, 1.807) is 0 Å². The smallest absolute Gasteiger partial charge is 0.101 e. The van der Waals surface area contributed by atoms with Gasteiger partial charge in [0.25, 0.3) is 0 Å². The third-order valence-electron chi connectivity index (χ3n) is 3.47. The fourth-order valence-corrected chi connectivity index (χ4v) is 2.40. The highest BCUT2D eigenvalue weighted by Crippen LogP contribution is 2.26. The quantitative estimate of drug-likeness (QED) is 0.838. The molecule has 0 radical (unpaired) electrons. The average molecular weight is 230 g/mol. The first-order valence-corrected chi connectivity index (χ1v) is 6.13. The van der Waals surface area contributed by atoms with Crippen molar-refractivity contribution in [2.24, 2.45) is 5.92 Å². The summed E-state index contributed by atoms with van der Waals surface area (Å²) in [6, 6.07) is 7.95. The lowest BCUT2D eigenvalue weighted by atomic mass is 10.1. The molecule has 2 unspecified atom stereocenters. The van der Waals surface area contributed by atoms with Gasteiger partial charge in [-0.2, -0.15) is 5.26 Å². The van der Waals surface area contributed by atoms with E-state index in [9.17, 15) is 5.11 Å². The Morgan fingerprint density at radius 3 is 2.94 bits per heavy atom. The molecule has 1 aliphatic rings. The van der Waals surface area contributed by atoms with Crippen molar-refractivity contribution in [1.29, 1.82) is 5.26 Å². The molecule has 1 aliphatic carbocycles. The SMILES string of the molecule is Cc1ccc(C#N)c(NCC2CCCC2O)c1. The molecule has 1 fully saturated rings. The number of anilines is 1. The van der Waals surface area contributed by atoms with Gasteiger partial charge in [-0.1, -0.05) is 12.5 Å². The Kier molecular flexibility index (Phi) is 3.65. The largest absolute Gasteiger partial charge is 0.393 e. The molecule has 0 aromatic heterocycles. The fourth-order valence-electron chi connectivity index (χ4n) is 2.40. The van der Waals surface area contributed by atoms with E-state index in [-0.39, 0.29) is 6.10 Å². The van der Waals surface area contributed by atoms with Gasteiger partial charge in [0, 0.05) is 12.5 Å². The van der Waals surface area contributed by atoms with E-state index in [0.717, 1.165) is 37.1 Å². The molecule has 0 aliphatic heterocycles. The number of aliphatic hydroxyl groups excluding tert-OH is 1. The Hall–Kier alpha value is -1.53. The Morgan fingerprint density at radius 1 is 1.47 bits per heavy atom. The number of hydrogen-bond acceptors (Lipinski definition) is 3. The number of aryl methyl sites for hydroxylation is 1. The number of benzene rings is 1. The van der Waals surface area contributed by atoms with Crippen LogP contribution in [0.3, 0.4) is 0 Å². The first-order valence-electron chi connectivity index (χ1n) is 6.13. The van der Waals surface area contributed by atoms with Crippen LogP contribution in [0.2, 0.25) is 0 Å². The van der Waals surface area contributed by atoms with E-state index in [1.165, 1.54) is 0 Å². The minimum absolute atomic E-state index is 0.183. The topological polar surface area (TPSA) is 56.0 Å². The summed E-state index contributed by atoms with van der Waals surface area (Å²) in [5.74, 6) is 0.321. The molecule has 17 heavy (non-hydrogen) atoms. The van der Waals surface area contributed by atoms with Crippen LogP contribution in [-0.4, -0.2) is 17.8 Å². The molecule has 0 spiro atoms. The van der Waals surface area contributed by atoms with Crippen molar-refractivity contribution in [3.05, 3.63) is 29.3 Å². The molecule has 2 rings (SSSR count). The van der Waals surface area contributed by atoms with Crippen molar-refractivity contribution in [3.8, 4) is 6.07 Å². The van der Waals surface area contributed by atoms with Crippen LogP contribution in [0.4, 0.5) is 5.69 Å². The van der Waals surface area contributed by atoms with Gasteiger partial charge in [0.15, 0.2) is 0 Å². The Balaban J connectivity index is 2.03. The normalized spacial score (nSPS) is 23.4. The van der Waals surface area contributed by atoms with Crippen molar-refractivity contribution in [2.45, 2.75) is 32.3 Å². The average Bonchev–Trinajstić information content (AvgIpc) is 2.72. The number of nitrogens with one attached hydrogen (secondary N) is 1. The van der Waals surface area contributed by atoms with Crippen LogP contribution in [0.5, 0.6) is 0 Å². The maximum atomic E-state index is 9.74. The molecule has 3 heteroatoms. The Morgan fingerprint density at radius 2 is 2.29 bits per heavy atom. The van der Waals surface area contributed by atoms with E-state index in [1.807, 2.05) is 25.1 Å². The summed E-state index contributed by atoms with van der Waals surface area (Å²) < 4.78 is 0. The zero-order valence-corrected chi connectivity index (χ0v) is 10.1. The number of nitrogens with zero attached hydrogens (tertiary/aromatic N) is 1. The predicted molar refractivity (Wildman–Crippen MR) is 67.7 cm³/mol. The molecule has 90 valence electrons. The highest BCUT2D eigenvalue weighted by molar-refractivity contribution is 5.58. The molecule has 0 heterocycles. The van der Waals surface area contributed by atoms with Gasteiger partial charge in [0.2, 0.25) is 0 Å². The molecule has 2 N–H and O–H groups in total. The number of rotatable bonds is 3. The highest BCUT2D eigenvalue weighted by atomic mass is 16.3. The third-order valence-corrected chi connectivity index (χ3v) is 3.47. The van der Waals surface area contributed by atoms with Crippen molar-refractivity contribution in [3.63, 3.8) is 0 Å². The summed E-state index contributed by atoms with van der Waals surface area (Å²) in [5.41, 5.74) is 2.69. The minimum Gasteiger partial charge on any atom is -0.393 e. The maximum absolute atomic E-state index is 9.74. The first-order chi connectivity index (χ1) is 8.20. The molecule has 3 nitrogen and oxygen atoms in total. The molecule has 2 atom stereocenters. The number of nitriles is 1. The lowest BCUT2D eigenvalue weighted by Gasteiger charge is -2.16. The summed E-state index contributed by atoms with van der Waals surface area (Å²) in [6.07, 6.45) is 2.90. The predicted octanol–water partition coefficient (Wildman–Crippen LogP) is 2.44. The van der Waals surface area contributed by atoms with E-state index < -0.39 is 0 Å². The van der Waals surface area contributed by atoms with Gasteiger partial charge in [-0.25, -0.2) is 0 Å². The van der Waals surface area contributed by atoms with Gasteiger partial charge in [-0.3, -0.25) is 0 Å². The summed E-state index contributed by atoms with van der Waals surface area (Å²) in [7, 11) is 0. The van der Waals surface area contributed by atoms with Crippen LogP contribution in [0.25, 0.3) is 0 Å². The van der Waals surface area contributed by atoms with Crippen LogP contribution < -0.4 is 5.32 Å². The lowest BCUT2D eigenvalue weighted by Crippen LogP contribution is -2.22. The van der Waals surface area contributed by atoms with E-state index in [2.05, 4.69) is 11.4 Å². The second-order valence-electron chi connectivity index (χ2n) is 4.80.